The van der Waals surface area contributed by atoms with E-state index >= 15 is 0 Å². The number of hydrogen-bond acceptors (Lipinski definition) is 4. The molecule has 0 amide bonds. The van der Waals surface area contributed by atoms with Gasteiger partial charge in [-0.3, -0.25) is 0 Å². The van der Waals surface area contributed by atoms with Gasteiger partial charge in [-0.25, -0.2) is 13.1 Å². The SMILES string of the molecule is CS(=O)(=O)NCCCNCCSc1ccccc1. The van der Waals surface area contributed by atoms with Gasteiger partial charge < -0.3 is 5.32 Å². The van der Waals surface area contributed by atoms with Crippen molar-refractivity contribution in [3.63, 3.8) is 0 Å². The van der Waals surface area contributed by atoms with E-state index in [9.17, 15) is 8.42 Å². The number of nitrogens with one attached hydrogen (secondary N) is 2. The first kappa shape index (κ1) is 15.5. The second-order valence-corrected chi connectivity index (χ2v) is 6.93. The minimum absolute atomic E-state index is 0.498. The summed E-state index contributed by atoms with van der Waals surface area (Å²) in [6.45, 7) is 2.26. The van der Waals surface area contributed by atoms with Crippen LogP contribution in [0.1, 0.15) is 6.42 Å². The van der Waals surface area contributed by atoms with E-state index in [1.54, 1.807) is 0 Å². The quantitative estimate of drug-likeness (QED) is 0.531. The van der Waals surface area contributed by atoms with Gasteiger partial charge in [-0.1, -0.05) is 18.2 Å². The van der Waals surface area contributed by atoms with Crippen molar-refractivity contribution < 1.29 is 8.42 Å². The lowest BCUT2D eigenvalue weighted by Gasteiger charge is -2.05. The fourth-order valence-corrected chi connectivity index (χ4v) is 2.70. The van der Waals surface area contributed by atoms with E-state index in [4.69, 9.17) is 0 Å². The van der Waals surface area contributed by atoms with Crippen LogP contribution in [-0.4, -0.2) is 40.1 Å². The van der Waals surface area contributed by atoms with Gasteiger partial charge in [-0.05, 0) is 25.1 Å². The van der Waals surface area contributed by atoms with E-state index < -0.39 is 10.0 Å². The van der Waals surface area contributed by atoms with Crippen LogP contribution >= 0.6 is 11.8 Å². The van der Waals surface area contributed by atoms with Crippen molar-refractivity contribution in [1.29, 1.82) is 0 Å². The molecule has 1 aromatic carbocycles. The largest absolute Gasteiger partial charge is 0.316 e. The Morgan fingerprint density at radius 3 is 2.50 bits per heavy atom. The Balaban J connectivity index is 1.93. The Morgan fingerprint density at radius 2 is 1.83 bits per heavy atom. The van der Waals surface area contributed by atoms with E-state index in [1.807, 2.05) is 30.0 Å². The molecule has 1 aromatic rings. The summed E-state index contributed by atoms with van der Waals surface area (Å²) >= 11 is 1.81. The van der Waals surface area contributed by atoms with E-state index in [-0.39, 0.29) is 0 Å². The number of thioether (sulfide) groups is 1. The molecule has 0 aromatic heterocycles. The first-order chi connectivity index (χ1) is 8.58. The fourth-order valence-electron chi connectivity index (χ4n) is 1.35. The summed E-state index contributed by atoms with van der Waals surface area (Å²) in [4.78, 5) is 1.28. The Kier molecular flexibility index (Phi) is 7.34. The monoisotopic (exact) mass is 288 g/mol. The summed E-state index contributed by atoms with van der Waals surface area (Å²) in [6, 6.07) is 10.3. The van der Waals surface area contributed by atoms with Gasteiger partial charge in [0.1, 0.15) is 0 Å². The highest BCUT2D eigenvalue weighted by atomic mass is 32.2. The normalized spacial score (nSPS) is 11.6. The van der Waals surface area contributed by atoms with E-state index in [1.165, 1.54) is 11.2 Å². The van der Waals surface area contributed by atoms with Gasteiger partial charge in [-0.2, -0.15) is 0 Å². The van der Waals surface area contributed by atoms with Crippen LogP contribution in [0.3, 0.4) is 0 Å². The van der Waals surface area contributed by atoms with Crippen LogP contribution in [0.4, 0.5) is 0 Å². The smallest absolute Gasteiger partial charge is 0.208 e. The molecule has 0 spiro atoms. The number of rotatable bonds is 9. The van der Waals surface area contributed by atoms with Crippen LogP contribution in [0, 0.1) is 0 Å². The van der Waals surface area contributed by atoms with Crippen molar-refractivity contribution in [1.82, 2.24) is 10.0 Å². The van der Waals surface area contributed by atoms with Crippen molar-refractivity contribution in [2.75, 3.05) is 31.6 Å². The zero-order chi connectivity index (χ0) is 13.3. The van der Waals surface area contributed by atoms with Crippen molar-refractivity contribution in [2.45, 2.75) is 11.3 Å². The average Bonchev–Trinajstić information content (AvgIpc) is 2.32. The van der Waals surface area contributed by atoms with Gasteiger partial charge in [0.15, 0.2) is 0 Å². The van der Waals surface area contributed by atoms with Crippen molar-refractivity contribution in [2.24, 2.45) is 0 Å². The Labute approximate surface area is 114 Å². The van der Waals surface area contributed by atoms with Gasteiger partial charge in [0.05, 0.1) is 6.26 Å². The van der Waals surface area contributed by atoms with E-state index in [0.717, 1.165) is 25.3 Å². The molecule has 0 saturated heterocycles. The summed E-state index contributed by atoms with van der Waals surface area (Å²) in [7, 11) is -3.04. The standard InChI is InChI=1S/C12H20N2O2S2/c1-18(15,16)14-9-5-8-13-10-11-17-12-6-3-2-4-7-12/h2-4,6-7,13-14H,5,8-11H2,1H3. The van der Waals surface area contributed by atoms with E-state index in [0.29, 0.717) is 6.54 Å². The summed E-state index contributed by atoms with van der Waals surface area (Å²) in [5.74, 6) is 1.02. The molecule has 18 heavy (non-hydrogen) atoms. The summed E-state index contributed by atoms with van der Waals surface area (Å²) in [6.07, 6.45) is 1.99. The summed E-state index contributed by atoms with van der Waals surface area (Å²) < 4.78 is 24.0. The third-order valence-corrected chi connectivity index (χ3v) is 3.93. The lowest BCUT2D eigenvalue weighted by atomic mass is 10.4. The highest BCUT2D eigenvalue weighted by Crippen LogP contribution is 2.15. The van der Waals surface area contributed by atoms with Crippen LogP contribution < -0.4 is 10.0 Å². The molecule has 102 valence electrons. The molecule has 4 nitrogen and oxygen atoms in total. The predicted molar refractivity (Wildman–Crippen MR) is 77.5 cm³/mol. The minimum atomic E-state index is -3.04. The summed E-state index contributed by atoms with van der Waals surface area (Å²) in [5.41, 5.74) is 0. The van der Waals surface area contributed by atoms with Crippen LogP contribution in [-0.2, 0) is 10.0 Å². The van der Waals surface area contributed by atoms with Crippen molar-refractivity contribution >= 4 is 21.8 Å². The first-order valence-corrected chi connectivity index (χ1v) is 8.79. The molecule has 0 aliphatic carbocycles. The maximum Gasteiger partial charge on any atom is 0.208 e. The van der Waals surface area contributed by atoms with E-state index in [2.05, 4.69) is 22.2 Å². The first-order valence-electron chi connectivity index (χ1n) is 5.91. The van der Waals surface area contributed by atoms with Crippen LogP contribution in [0.15, 0.2) is 35.2 Å². The molecule has 0 aliphatic heterocycles. The molecular weight excluding hydrogens is 268 g/mol. The molecule has 2 N–H and O–H groups in total. The average molecular weight is 288 g/mol. The van der Waals surface area contributed by atoms with Crippen LogP contribution in [0.2, 0.25) is 0 Å². The highest BCUT2D eigenvalue weighted by Gasteiger charge is 1.98. The Morgan fingerprint density at radius 1 is 1.11 bits per heavy atom. The lowest BCUT2D eigenvalue weighted by molar-refractivity contribution is 0.581. The second kappa shape index (κ2) is 8.53. The molecule has 0 fully saturated rings. The number of benzene rings is 1. The topological polar surface area (TPSA) is 58.2 Å². The lowest BCUT2D eigenvalue weighted by Crippen LogP contribution is -2.27. The third kappa shape index (κ3) is 8.52. The number of sulfonamides is 1. The highest BCUT2D eigenvalue weighted by molar-refractivity contribution is 7.99. The zero-order valence-corrected chi connectivity index (χ0v) is 12.2. The fraction of sp³-hybridized carbons (Fsp3) is 0.500. The molecule has 0 saturated carbocycles. The molecule has 0 unspecified atom stereocenters. The van der Waals surface area contributed by atoms with Crippen LogP contribution in [0.25, 0.3) is 0 Å². The van der Waals surface area contributed by atoms with Gasteiger partial charge in [-0.15, -0.1) is 11.8 Å². The summed E-state index contributed by atoms with van der Waals surface area (Å²) in [5, 5.41) is 3.29. The van der Waals surface area contributed by atoms with Gasteiger partial charge in [0.2, 0.25) is 10.0 Å². The Bertz CT molecular complexity index is 421. The maximum absolute atomic E-state index is 10.8. The Hall–Kier alpha value is -0.560. The molecule has 1 rings (SSSR count). The molecule has 0 heterocycles. The van der Waals surface area contributed by atoms with Crippen LogP contribution in [0.5, 0.6) is 0 Å². The predicted octanol–water partition coefficient (Wildman–Crippen LogP) is 1.31. The van der Waals surface area contributed by atoms with Gasteiger partial charge in [0, 0.05) is 23.7 Å². The molecule has 0 aliphatic rings. The second-order valence-electron chi connectivity index (χ2n) is 3.93. The zero-order valence-electron chi connectivity index (χ0n) is 10.6. The molecule has 6 heteroatoms. The van der Waals surface area contributed by atoms with Gasteiger partial charge >= 0.3 is 0 Å². The molecule has 0 atom stereocenters. The van der Waals surface area contributed by atoms with Crippen molar-refractivity contribution in [3.8, 4) is 0 Å². The molecule has 0 bridgehead atoms. The minimum Gasteiger partial charge on any atom is -0.316 e. The maximum atomic E-state index is 10.8. The molecular formula is C12H20N2O2S2. The third-order valence-electron chi connectivity index (χ3n) is 2.19. The van der Waals surface area contributed by atoms with Gasteiger partial charge in [0.25, 0.3) is 0 Å². The molecule has 0 radical (unpaired) electrons. The van der Waals surface area contributed by atoms with Crippen molar-refractivity contribution in [3.05, 3.63) is 30.3 Å². The number of hydrogen-bond donors (Lipinski definition) is 2.